The third-order valence-electron chi connectivity index (χ3n) is 3.83. The zero-order chi connectivity index (χ0) is 17.5. The van der Waals surface area contributed by atoms with E-state index in [-0.39, 0.29) is 17.5 Å². The van der Waals surface area contributed by atoms with Gasteiger partial charge in [0.15, 0.2) is 0 Å². The van der Waals surface area contributed by atoms with Crippen LogP contribution in [0, 0.1) is 5.82 Å². The van der Waals surface area contributed by atoms with Crippen LogP contribution in [0.5, 0.6) is 0 Å². The molecular weight excluding hydrogens is 341 g/mol. The van der Waals surface area contributed by atoms with E-state index in [9.17, 15) is 9.18 Å². The number of thioether (sulfide) groups is 1. The number of amides is 1. The summed E-state index contributed by atoms with van der Waals surface area (Å²) in [5, 5.41) is 2.83. The molecule has 0 atom stereocenters. The number of ether oxygens (including phenoxy) is 1. The molecule has 0 spiro atoms. The highest BCUT2D eigenvalue weighted by molar-refractivity contribution is 8.00. The molecule has 1 fully saturated rings. The maximum Gasteiger partial charge on any atom is 0.230 e. The zero-order valence-corrected chi connectivity index (χ0v) is 14.6. The quantitative estimate of drug-likeness (QED) is 0.801. The molecule has 1 aliphatic heterocycles. The van der Waals surface area contributed by atoms with Crippen molar-refractivity contribution < 1.29 is 13.9 Å². The number of carbonyl (C=O) groups is 1. The van der Waals surface area contributed by atoms with Crippen molar-refractivity contribution in [2.45, 2.75) is 11.4 Å². The topological polar surface area (TPSA) is 54.5 Å². The molecule has 1 aliphatic rings. The summed E-state index contributed by atoms with van der Waals surface area (Å²) < 4.78 is 18.8. The number of morpholine rings is 1. The molecular formula is C18H20FN3O2S. The van der Waals surface area contributed by atoms with Crippen LogP contribution in [-0.4, -0.2) is 42.9 Å². The first kappa shape index (κ1) is 17.7. The lowest BCUT2D eigenvalue weighted by atomic mass is 10.2. The predicted molar refractivity (Wildman–Crippen MR) is 96.2 cm³/mol. The Morgan fingerprint density at radius 1 is 1.24 bits per heavy atom. The van der Waals surface area contributed by atoms with Crippen LogP contribution < -0.4 is 10.2 Å². The van der Waals surface area contributed by atoms with E-state index in [1.807, 2.05) is 12.1 Å². The lowest BCUT2D eigenvalue weighted by molar-refractivity contribution is -0.118. The SMILES string of the molecule is O=C(CSc1ccccc1F)NCc1ccc(N2CCOCC2)nc1. The van der Waals surface area contributed by atoms with Gasteiger partial charge in [0.05, 0.1) is 19.0 Å². The summed E-state index contributed by atoms with van der Waals surface area (Å²) in [7, 11) is 0. The fourth-order valence-electron chi connectivity index (χ4n) is 2.46. The number of halogens is 1. The maximum atomic E-state index is 13.5. The van der Waals surface area contributed by atoms with Crippen molar-refractivity contribution in [3.63, 3.8) is 0 Å². The lowest BCUT2D eigenvalue weighted by Crippen LogP contribution is -2.36. The van der Waals surface area contributed by atoms with Gasteiger partial charge in [-0.05, 0) is 23.8 Å². The minimum Gasteiger partial charge on any atom is -0.378 e. The Labute approximate surface area is 150 Å². The second kappa shape index (κ2) is 8.82. The number of nitrogens with zero attached hydrogens (tertiary/aromatic N) is 2. The fraction of sp³-hybridized carbons (Fsp3) is 0.333. The largest absolute Gasteiger partial charge is 0.378 e. The van der Waals surface area contributed by atoms with Crippen molar-refractivity contribution in [3.05, 3.63) is 54.0 Å². The molecule has 0 aliphatic carbocycles. The Kier molecular flexibility index (Phi) is 6.25. The summed E-state index contributed by atoms with van der Waals surface area (Å²) in [5.41, 5.74) is 0.932. The Morgan fingerprint density at radius 2 is 2.04 bits per heavy atom. The number of aromatic nitrogens is 1. The Bertz CT molecular complexity index is 706. The van der Waals surface area contributed by atoms with Gasteiger partial charge in [0.1, 0.15) is 11.6 Å². The molecule has 1 aromatic heterocycles. The van der Waals surface area contributed by atoms with Gasteiger partial charge in [-0.1, -0.05) is 18.2 Å². The lowest BCUT2D eigenvalue weighted by Gasteiger charge is -2.27. The van der Waals surface area contributed by atoms with Gasteiger partial charge in [-0.25, -0.2) is 9.37 Å². The van der Waals surface area contributed by atoms with Crippen LogP contribution in [-0.2, 0) is 16.1 Å². The molecule has 2 aromatic rings. The molecule has 0 bridgehead atoms. The molecule has 0 radical (unpaired) electrons. The minimum atomic E-state index is -0.303. The Hall–Kier alpha value is -2.12. The van der Waals surface area contributed by atoms with E-state index in [4.69, 9.17) is 4.74 Å². The van der Waals surface area contributed by atoms with Gasteiger partial charge < -0.3 is 15.0 Å². The predicted octanol–water partition coefficient (Wildman–Crippen LogP) is 2.47. The molecule has 7 heteroatoms. The number of rotatable bonds is 6. The summed E-state index contributed by atoms with van der Waals surface area (Å²) >= 11 is 1.19. The average molecular weight is 361 g/mol. The summed E-state index contributed by atoms with van der Waals surface area (Å²) in [4.78, 5) is 19.0. The molecule has 1 N–H and O–H groups in total. The van der Waals surface area contributed by atoms with Crippen molar-refractivity contribution in [2.75, 3.05) is 37.0 Å². The van der Waals surface area contributed by atoms with E-state index < -0.39 is 0 Å². The van der Waals surface area contributed by atoms with Crippen molar-refractivity contribution in [2.24, 2.45) is 0 Å². The summed E-state index contributed by atoms with van der Waals surface area (Å²) in [6, 6.07) is 10.4. The third kappa shape index (κ3) is 5.17. The first-order valence-corrected chi connectivity index (χ1v) is 9.12. The summed E-state index contributed by atoms with van der Waals surface area (Å²) in [6.45, 7) is 3.54. The van der Waals surface area contributed by atoms with Crippen LogP contribution in [0.1, 0.15) is 5.56 Å². The molecule has 1 saturated heterocycles. The summed E-state index contributed by atoms with van der Waals surface area (Å²) in [5.74, 6) is 0.669. The van der Waals surface area contributed by atoms with Gasteiger partial charge in [-0.15, -0.1) is 11.8 Å². The van der Waals surface area contributed by atoms with E-state index in [1.165, 1.54) is 17.8 Å². The van der Waals surface area contributed by atoms with E-state index in [0.29, 0.717) is 11.4 Å². The first-order chi connectivity index (χ1) is 12.2. The minimum absolute atomic E-state index is 0.134. The van der Waals surface area contributed by atoms with Crippen molar-refractivity contribution >= 4 is 23.5 Å². The Balaban J connectivity index is 1.44. The highest BCUT2D eigenvalue weighted by atomic mass is 32.2. The van der Waals surface area contributed by atoms with Crippen LogP contribution in [0.2, 0.25) is 0 Å². The molecule has 2 heterocycles. The molecule has 3 rings (SSSR count). The highest BCUT2D eigenvalue weighted by Gasteiger charge is 2.12. The van der Waals surface area contributed by atoms with Crippen molar-refractivity contribution in [3.8, 4) is 0 Å². The van der Waals surface area contributed by atoms with Gasteiger partial charge in [-0.2, -0.15) is 0 Å². The van der Waals surface area contributed by atoms with Gasteiger partial charge >= 0.3 is 0 Å². The van der Waals surface area contributed by atoms with Crippen LogP contribution in [0.15, 0.2) is 47.5 Å². The molecule has 0 unspecified atom stereocenters. The monoisotopic (exact) mass is 361 g/mol. The number of hydrogen-bond donors (Lipinski definition) is 1. The number of pyridine rings is 1. The van der Waals surface area contributed by atoms with E-state index in [0.717, 1.165) is 37.7 Å². The summed E-state index contributed by atoms with van der Waals surface area (Å²) in [6.07, 6.45) is 1.77. The number of carbonyl (C=O) groups excluding carboxylic acids is 1. The van der Waals surface area contributed by atoms with Crippen molar-refractivity contribution in [1.29, 1.82) is 0 Å². The normalized spacial score (nSPS) is 14.4. The molecule has 132 valence electrons. The first-order valence-electron chi connectivity index (χ1n) is 8.14. The number of nitrogens with one attached hydrogen (secondary N) is 1. The van der Waals surface area contributed by atoms with Gasteiger partial charge in [-0.3, -0.25) is 4.79 Å². The van der Waals surface area contributed by atoms with Crippen molar-refractivity contribution in [1.82, 2.24) is 10.3 Å². The standard InChI is InChI=1S/C18H20FN3O2S/c19-15-3-1-2-4-16(15)25-13-18(23)21-12-14-5-6-17(20-11-14)22-7-9-24-10-8-22/h1-6,11H,7-10,12-13H2,(H,21,23). The van der Waals surface area contributed by atoms with Crippen LogP contribution in [0.4, 0.5) is 10.2 Å². The van der Waals surface area contributed by atoms with Gasteiger partial charge in [0, 0.05) is 30.7 Å². The molecule has 1 amide bonds. The Morgan fingerprint density at radius 3 is 2.76 bits per heavy atom. The molecule has 0 saturated carbocycles. The van der Waals surface area contributed by atoms with E-state index in [1.54, 1.807) is 24.4 Å². The third-order valence-corrected chi connectivity index (χ3v) is 4.88. The second-order valence-electron chi connectivity index (χ2n) is 5.62. The van der Waals surface area contributed by atoms with Crippen LogP contribution in [0.25, 0.3) is 0 Å². The number of benzene rings is 1. The van der Waals surface area contributed by atoms with Gasteiger partial charge in [0.2, 0.25) is 5.91 Å². The van der Waals surface area contributed by atoms with E-state index >= 15 is 0 Å². The fourth-order valence-corrected chi connectivity index (χ4v) is 3.23. The maximum absolute atomic E-state index is 13.5. The molecule has 25 heavy (non-hydrogen) atoms. The van der Waals surface area contributed by atoms with E-state index in [2.05, 4.69) is 15.2 Å². The molecule has 1 aromatic carbocycles. The molecule has 5 nitrogen and oxygen atoms in total. The second-order valence-corrected chi connectivity index (χ2v) is 6.64. The van der Waals surface area contributed by atoms with Gasteiger partial charge in [0.25, 0.3) is 0 Å². The van der Waals surface area contributed by atoms with Crippen LogP contribution >= 0.6 is 11.8 Å². The van der Waals surface area contributed by atoms with Crippen LogP contribution in [0.3, 0.4) is 0 Å². The zero-order valence-electron chi connectivity index (χ0n) is 13.8. The average Bonchev–Trinajstić information content (AvgIpc) is 2.67. The smallest absolute Gasteiger partial charge is 0.230 e. The number of hydrogen-bond acceptors (Lipinski definition) is 5. The highest BCUT2D eigenvalue weighted by Crippen LogP contribution is 2.20. The number of anilines is 1.